The van der Waals surface area contributed by atoms with Crippen LogP contribution < -0.4 is 9.44 Å². The van der Waals surface area contributed by atoms with Crippen LogP contribution in [0.3, 0.4) is 0 Å². The highest BCUT2D eigenvalue weighted by Crippen LogP contribution is 2.60. The lowest BCUT2D eigenvalue weighted by Crippen LogP contribution is -2.46. The first-order chi connectivity index (χ1) is 51.9. The summed E-state index contributed by atoms with van der Waals surface area (Å²) >= 11 is 0. The first kappa shape index (κ1) is 78.6. The Balaban J connectivity index is 0.000000190. The molecule has 2 aromatic rings. The van der Waals surface area contributed by atoms with Gasteiger partial charge in [-0.1, -0.05) is 132 Å². The molecule has 26 heteroatoms. The highest BCUT2D eigenvalue weighted by atomic mass is 32.2. The number of carbonyl (C=O) groups excluding carboxylic acids is 10. The highest BCUT2D eigenvalue weighted by Gasteiger charge is 2.64. The Morgan fingerprint density at radius 2 is 0.981 bits per heavy atom. The molecule has 7 fully saturated rings. The predicted octanol–water partition coefficient (Wildman–Crippen LogP) is 11.3. The molecular weight excluding hydrogens is 1420 g/mol. The van der Waals surface area contributed by atoms with Crippen molar-refractivity contribution in [2.75, 3.05) is 26.3 Å². The van der Waals surface area contributed by atoms with Gasteiger partial charge in [-0.2, -0.15) is 0 Å². The molecule has 14 rings (SSSR count). The second-order valence-corrected chi connectivity index (χ2v) is 37.6. The minimum Gasteiger partial charge on any atom is -0.465 e. The van der Waals surface area contributed by atoms with E-state index in [1.807, 2.05) is 49.4 Å². The van der Waals surface area contributed by atoms with E-state index in [2.05, 4.69) is 34.6 Å². The summed E-state index contributed by atoms with van der Waals surface area (Å²) in [6.45, 7) is 6.23. The van der Waals surface area contributed by atoms with Crippen molar-refractivity contribution in [3.05, 3.63) is 88.0 Å². The second kappa shape index (κ2) is 34.0. The number of esters is 2. The summed E-state index contributed by atoms with van der Waals surface area (Å²) in [4.78, 5) is 146. The van der Waals surface area contributed by atoms with Crippen molar-refractivity contribution in [3.63, 3.8) is 0 Å². The van der Waals surface area contributed by atoms with Crippen molar-refractivity contribution in [3.8, 4) is 0 Å². The van der Waals surface area contributed by atoms with E-state index >= 15 is 0 Å². The zero-order valence-corrected chi connectivity index (χ0v) is 64.6. The maximum absolute atomic E-state index is 14.5. The standard InChI is InChI=1S/C41H57N3O9S.C41H53N3O9S/c2*1-27-11-6-5-8-12-28-14-10-15-30-23-43(25-34(28)30)40(49)53-32-20-35-36(45)22-41(39(48)42-54(50,51)33-17-18-33)21-31(41)16-9-4-2-3-7-13-29(19-37(46)52-26-27)38(47)44(35)24-32/h10,14-15,27,29,31-33,35H,2-9,11-13,16-26H2,1H3,(H,42,48);8-10,12,14-16,27,29,31-33,35H,2-7,11,13,17-26H2,1H3,(H,42,48)/b;12-8+,16-9-/t2*27-,29-,31-,32-,35+,41-/m11/s1. The van der Waals surface area contributed by atoms with Crippen LogP contribution in [0.4, 0.5) is 9.59 Å². The Morgan fingerprint density at radius 3 is 1.57 bits per heavy atom. The van der Waals surface area contributed by atoms with E-state index in [4.69, 9.17) is 18.9 Å². The fourth-order valence-corrected chi connectivity index (χ4v) is 20.8. The van der Waals surface area contributed by atoms with Crippen LogP contribution in [-0.4, -0.2) is 157 Å². The topological polar surface area (TPSA) is 313 Å². The third kappa shape index (κ3) is 18.9. The summed E-state index contributed by atoms with van der Waals surface area (Å²) in [5, 5.41) is -1.18. The van der Waals surface area contributed by atoms with Crippen LogP contribution in [0.5, 0.6) is 0 Å². The summed E-state index contributed by atoms with van der Waals surface area (Å²) in [5.74, 6) is -5.24. The molecule has 0 radical (unpaired) electrons. The number of sulfonamides is 2. The molecule has 0 spiro atoms. The monoisotopic (exact) mass is 1530 g/mol. The van der Waals surface area contributed by atoms with Gasteiger partial charge in [0, 0.05) is 57.2 Å². The van der Waals surface area contributed by atoms with E-state index in [1.54, 1.807) is 9.80 Å². The Morgan fingerprint density at radius 1 is 0.500 bits per heavy atom. The van der Waals surface area contributed by atoms with Gasteiger partial charge < -0.3 is 28.7 Å². The molecule has 2 aromatic carbocycles. The molecule has 0 unspecified atom stereocenters. The lowest BCUT2D eigenvalue weighted by molar-refractivity contribution is -0.151. The summed E-state index contributed by atoms with van der Waals surface area (Å²) in [6.07, 6.45) is 24.3. The number of ether oxygens (including phenoxy) is 4. The number of allylic oxidation sites excluding steroid dienone is 3. The molecule has 4 aliphatic carbocycles. The minimum atomic E-state index is -3.85. The second-order valence-electron chi connectivity index (χ2n) is 33.6. The van der Waals surface area contributed by atoms with Crippen LogP contribution in [0.1, 0.15) is 246 Å². The van der Waals surface area contributed by atoms with Gasteiger partial charge in [0.1, 0.15) is 12.2 Å². The first-order valence-corrected chi connectivity index (χ1v) is 43.5. The number of hydrogen-bond donors (Lipinski definition) is 2. The zero-order chi connectivity index (χ0) is 76.1. The van der Waals surface area contributed by atoms with Crippen molar-refractivity contribution < 1.29 is 83.7 Å². The molecule has 8 aliphatic heterocycles. The predicted molar refractivity (Wildman–Crippen MR) is 399 cm³/mol. The van der Waals surface area contributed by atoms with Crippen molar-refractivity contribution in [1.29, 1.82) is 0 Å². The van der Waals surface area contributed by atoms with E-state index in [0.717, 1.165) is 131 Å². The van der Waals surface area contributed by atoms with Gasteiger partial charge in [-0.05, 0) is 166 Å². The fraction of sp³-hybridized carbons (Fsp3) is 0.683. The molecule has 10 bridgehead atoms. The average molecular weight is 1530 g/mol. The van der Waals surface area contributed by atoms with Gasteiger partial charge >= 0.3 is 24.1 Å². The molecule has 12 atom stereocenters. The third-order valence-corrected chi connectivity index (χ3v) is 28.8. The Kier molecular flexibility index (Phi) is 24.8. The molecule has 2 N–H and O–H groups in total. The maximum Gasteiger partial charge on any atom is 0.410 e. The van der Waals surface area contributed by atoms with Crippen molar-refractivity contribution >= 4 is 85.4 Å². The maximum atomic E-state index is 14.5. The Bertz CT molecular complexity index is 4060. The largest absolute Gasteiger partial charge is 0.465 e. The van der Waals surface area contributed by atoms with Crippen LogP contribution in [0.25, 0.3) is 6.08 Å². The zero-order valence-electron chi connectivity index (χ0n) is 62.9. The van der Waals surface area contributed by atoms with Gasteiger partial charge in [-0.3, -0.25) is 57.6 Å². The third-order valence-electron chi connectivity index (χ3n) is 25.1. The summed E-state index contributed by atoms with van der Waals surface area (Å²) in [5.41, 5.74) is 4.20. The van der Waals surface area contributed by atoms with E-state index in [0.29, 0.717) is 90.4 Å². The number of cyclic esters (lactones) is 2. The molecular formula is C82H110N6O18S2. The minimum absolute atomic E-state index is 0.00567. The van der Waals surface area contributed by atoms with Crippen LogP contribution in [0.2, 0.25) is 0 Å². The molecule has 0 aromatic heterocycles. The smallest absolute Gasteiger partial charge is 0.410 e. The summed E-state index contributed by atoms with van der Waals surface area (Å²) in [7, 11) is -7.67. The molecule has 108 heavy (non-hydrogen) atoms. The van der Waals surface area contributed by atoms with E-state index in [-0.39, 0.29) is 112 Å². The SMILES string of the molecule is C[C@@H]1CCC/C=C/c2cccc3c2CN(C3)C(=O)O[C@@H]2C[C@H]3C(=O)C[C@]4(C(=O)NS(=O)(=O)C5CC5)C[C@H]4/C=C\CCCCC[C@H](CC(=O)OC1)C(=O)N3C2.C[C@@H]1CCCCCc2cccc3c2CN(C3)C(=O)O[C@@H]2C[C@H]3C(=O)C[C@]4(C(=O)NS(=O)(=O)C5CC5)C[C@H]4CCCCCCC[C@H](CC(=O)OC1)C(=O)N3C2. The van der Waals surface area contributed by atoms with E-state index < -0.39 is 113 Å². The normalized spacial score (nSPS) is 32.4. The quantitative estimate of drug-likeness (QED) is 0.154. The summed E-state index contributed by atoms with van der Waals surface area (Å²) in [6, 6.07) is 10.2. The number of Topliss-reactive ketones (excluding diaryl/α,β-unsaturated/α-hetero) is 2. The van der Waals surface area contributed by atoms with Gasteiger partial charge in [0.2, 0.25) is 43.7 Å². The van der Waals surface area contributed by atoms with Crippen LogP contribution in [-0.2, 0) is 110 Å². The number of hydrogen-bond acceptors (Lipinski definition) is 18. The number of aryl methyl sites for hydroxylation is 1. The highest BCUT2D eigenvalue weighted by molar-refractivity contribution is 7.91. The average Bonchev–Trinajstić information content (AvgIpc) is 1.58. The number of nitrogens with zero attached hydrogens (tertiary/aromatic N) is 4. The van der Waals surface area contributed by atoms with Gasteiger partial charge in [-0.25, -0.2) is 26.4 Å². The molecule has 6 amide bonds. The Hall–Kier alpha value is -7.48. The van der Waals surface area contributed by atoms with E-state index in [1.165, 1.54) is 15.4 Å². The molecule has 588 valence electrons. The van der Waals surface area contributed by atoms with Crippen molar-refractivity contribution in [2.24, 2.45) is 46.3 Å². The number of fused-ring (bicyclic) bond motifs is 8. The molecule has 3 saturated heterocycles. The number of amides is 6. The van der Waals surface area contributed by atoms with Crippen LogP contribution >= 0.6 is 0 Å². The lowest BCUT2D eigenvalue weighted by Gasteiger charge is -2.29. The van der Waals surface area contributed by atoms with Gasteiger partial charge in [0.05, 0.1) is 79.1 Å². The van der Waals surface area contributed by atoms with Crippen molar-refractivity contribution in [1.82, 2.24) is 29.0 Å². The van der Waals surface area contributed by atoms with Gasteiger partial charge in [0.25, 0.3) is 0 Å². The number of rotatable bonds is 6. The molecule has 12 aliphatic rings. The molecule has 4 saturated carbocycles. The van der Waals surface area contributed by atoms with E-state index in [9.17, 15) is 64.8 Å². The number of benzene rings is 2. The van der Waals surface area contributed by atoms with Gasteiger partial charge in [0.15, 0.2) is 11.6 Å². The number of nitrogens with one attached hydrogen (secondary N) is 2. The number of carbonyl (C=O) groups is 10. The molecule has 24 nitrogen and oxygen atoms in total. The Labute approximate surface area is 635 Å². The molecule has 8 heterocycles. The van der Waals surface area contributed by atoms with Gasteiger partial charge in [-0.15, -0.1) is 0 Å². The first-order valence-electron chi connectivity index (χ1n) is 40.4. The van der Waals surface area contributed by atoms with Crippen molar-refractivity contribution in [2.45, 2.75) is 280 Å². The summed E-state index contributed by atoms with van der Waals surface area (Å²) < 4.78 is 79.6. The van der Waals surface area contributed by atoms with Crippen LogP contribution in [0.15, 0.2) is 54.6 Å². The fourth-order valence-electron chi connectivity index (χ4n) is 18.0. The number of ketones is 2. The van der Waals surface area contributed by atoms with Crippen LogP contribution in [0, 0.1) is 46.3 Å². The lowest BCUT2D eigenvalue weighted by atomic mass is 9.90.